The molecule has 2 aromatic rings. The van der Waals surface area contributed by atoms with Crippen LogP contribution in [0.4, 0.5) is 21.5 Å². The minimum Gasteiger partial charge on any atom is -0.465 e. The van der Waals surface area contributed by atoms with Gasteiger partial charge < -0.3 is 15.8 Å². The molecule has 0 aliphatic heterocycles. The number of nitrogen functional groups attached to an aromatic ring is 1. The molecule has 0 saturated carbocycles. The Morgan fingerprint density at radius 2 is 2.00 bits per heavy atom. The molecule has 0 amide bonds. The molecule has 0 heterocycles. The highest BCUT2D eigenvalue weighted by atomic mass is 19.1. The molecule has 0 unspecified atom stereocenters. The quantitative estimate of drug-likeness (QED) is 0.666. The van der Waals surface area contributed by atoms with Gasteiger partial charge in [0.1, 0.15) is 5.82 Å². The van der Waals surface area contributed by atoms with E-state index >= 15 is 0 Å². The molecule has 104 valence electrons. The van der Waals surface area contributed by atoms with Gasteiger partial charge in [-0.25, -0.2) is 9.18 Å². The number of rotatable bonds is 3. The van der Waals surface area contributed by atoms with E-state index in [1.807, 2.05) is 0 Å². The van der Waals surface area contributed by atoms with Crippen LogP contribution in [-0.4, -0.2) is 13.1 Å². The average Bonchev–Trinajstić information content (AvgIpc) is 2.44. The average molecular weight is 274 g/mol. The predicted molar refractivity (Wildman–Crippen MR) is 76.6 cm³/mol. The van der Waals surface area contributed by atoms with E-state index in [2.05, 4.69) is 10.1 Å². The summed E-state index contributed by atoms with van der Waals surface area (Å²) in [6.45, 7) is 1.69. The molecule has 0 radical (unpaired) electrons. The fourth-order valence-corrected chi connectivity index (χ4v) is 1.75. The third-order valence-corrected chi connectivity index (χ3v) is 2.92. The smallest absolute Gasteiger partial charge is 0.337 e. The summed E-state index contributed by atoms with van der Waals surface area (Å²) in [4.78, 5) is 11.4. The molecule has 3 N–H and O–H groups in total. The number of nitrogens with one attached hydrogen (secondary N) is 1. The maximum absolute atomic E-state index is 13.5. The summed E-state index contributed by atoms with van der Waals surface area (Å²) in [6.07, 6.45) is 0. The van der Waals surface area contributed by atoms with E-state index < -0.39 is 5.97 Å². The van der Waals surface area contributed by atoms with Crippen molar-refractivity contribution in [1.29, 1.82) is 0 Å². The van der Waals surface area contributed by atoms with Crippen LogP contribution in [0.5, 0.6) is 0 Å². The molecule has 0 aliphatic rings. The van der Waals surface area contributed by atoms with Crippen LogP contribution in [0.15, 0.2) is 36.4 Å². The first kappa shape index (κ1) is 13.9. The lowest BCUT2D eigenvalue weighted by atomic mass is 10.1. The Morgan fingerprint density at radius 3 is 2.60 bits per heavy atom. The van der Waals surface area contributed by atoms with Crippen molar-refractivity contribution in [3.8, 4) is 0 Å². The molecule has 5 heteroatoms. The van der Waals surface area contributed by atoms with Crippen molar-refractivity contribution < 1.29 is 13.9 Å². The van der Waals surface area contributed by atoms with Gasteiger partial charge in [-0.1, -0.05) is 6.07 Å². The monoisotopic (exact) mass is 274 g/mol. The number of nitrogens with two attached hydrogens (primary N) is 1. The molecular formula is C15H15FN2O2. The minimum absolute atomic E-state index is 0.292. The fourth-order valence-electron chi connectivity index (χ4n) is 1.75. The highest BCUT2D eigenvalue weighted by Crippen LogP contribution is 2.25. The Kier molecular flexibility index (Phi) is 3.89. The van der Waals surface area contributed by atoms with Gasteiger partial charge in [0, 0.05) is 5.69 Å². The van der Waals surface area contributed by atoms with E-state index in [-0.39, 0.29) is 5.82 Å². The van der Waals surface area contributed by atoms with Gasteiger partial charge in [-0.15, -0.1) is 0 Å². The zero-order valence-corrected chi connectivity index (χ0v) is 11.2. The normalized spacial score (nSPS) is 10.2. The highest BCUT2D eigenvalue weighted by Gasteiger charge is 2.08. The summed E-state index contributed by atoms with van der Waals surface area (Å²) in [5.41, 5.74) is 8.38. The first-order valence-electron chi connectivity index (χ1n) is 6.02. The summed E-state index contributed by atoms with van der Waals surface area (Å²) < 4.78 is 18.1. The molecule has 0 aromatic heterocycles. The van der Waals surface area contributed by atoms with Gasteiger partial charge in [0.15, 0.2) is 0 Å². The second-order valence-corrected chi connectivity index (χ2v) is 4.38. The summed E-state index contributed by atoms with van der Waals surface area (Å²) in [5.74, 6) is -0.746. The molecule has 0 spiro atoms. The molecule has 0 aliphatic carbocycles. The van der Waals surface area contributed by atoms with Crippen molar-refractivity contribution in [2.75, 3.05) is 18.2 Å². The molecule has 20 heavy (non-hydrogen) atoms. The summed E-state index contributed by atoms with van der Waals surface area (Å²) in [7, 11) is 1.31. The third-order valence-electron chi connectivity index (χ3n) is 2.92. The van der Waals surface area contributed by atoms with Gasteiger partial charge in [-0.05, 0) is 42.8 Å². The highest BCUT2D eigenvalue weighted by molar-refractivity contribution is 5.92. The van der Waals surface area contributed by atoms with Crippen LogP contribution >= 0.6 is 0 Å². The number of hydrogen-bond donors (Lipinski definition) is 2. The van der Waals surface area contributed by atoms with Gasteiger partial charge in [0.2, 0.25) is 0 Å². The number of ether oxygens (including phenoxy) is 1. The lowest BCUT2D eigenvalue weighted by molar-refractivity contribution is 0.0601. The number of halogens is 1. The lowest BCUT2D eigenvalue weighted by Crippen LogP contribution is -2.04. The molecule has 0 saturated heterocycles. The number of anilines is 3. The van der Waals surface area contributed by atoms with E-state index in [1.165, 1.54) is 19.2 Å². The zero-order chi connectivity index (χ0) is 14.7. The summed E-state index contributed by atoms with van der Waals surface area (Å²) in [6, 6.07) is 9.58. The third kappa shape index (κ3) is 2.88. The maximum Gasteiger partial charge on any atom is 0.337 e. The van der Waals surface area contributed by atoms with Crippen LogP contribution in [0.25, 0.3) is 0 Å². The number of carbonyl (C=O) groups is 1. The number of benzene rings is 2. The van der Waals surface area contributed by atoms with Gasteiger partial charge in [-0.2, -0.15) is 0 Å². The molecule has 2 rings (SSSR count). The Hall–Kier alpha value is -2.56. The Labute approximate surface area is 116 Å². The van der Waals surface area contributed by atoms with Crippen LogP contribution < -0.4 is 11.1 Å². The predicted octanol–water partition coefficient (Wildman–Crippen LogP) is 3.25. The minimum atomic E-state index is -0.454. The van der Waals surface area contributed by atoms with Crippen LogP contribution in [0.3, 0.4) is 0 Å². The molecular weight excluding hydrogens is 259 g/mol. The van der Waals surface area contributed by atoms with E-state index in [9.17, 15) is 9.18 Å². The van der Waals surface area contributed by atoms with Crippen molar-refractivity contribution in [1.82, 2.24) is 0 Å². The SMILES string of the molecule is COC(=O)c1ccc(Nc2ccc(C)c(F)c2)c(N)c1. The van der Waals surface area contributed by atoms with E-state index in [1.54, 1.807) is 31.2 Å². The molecule has 2 aromatic carbocycles. The molecule has 0 bridgehead atoms. The van der Waals surface area contributed by atoms with Crippen molar-refractivity contribution in [2.45, 2.75) is 6.92 Å². The van der Waals surface area contributed by atoms with Crippen molar-refractivity contribution in [2.24, 2.45) is 0 Å². The summed E-state index contributed by atoms with van der Waals surface area (Å²) >= 11 is 0. The topological polar surface area (TPSA) is 64.3 Å². The van der Waals surface area contributed by atoms with Gasteiger partial charge in [0.05, 0.1) is 24.0 Å². The van der Waals surface area contributed by atoms with E-state index in [0.29, 0.717) is 28.2 Å². The Balaban J connectivity index is 2.25. The van der Waals surface area contributed by atoms with E-state index in [4.69, 9.17) is 5.73 Å². The fraction of sp³-hybridized carbons (Fsp3) is 0.133. The number of carbonyl (C=O) groups excluding carboxylic acids is 1. The van der Waals surface area contributed by atoms with Crippen molar-refractivity contribution in [3.63, 3.8) is 0 Å². The van der Waals surface area contributed by atoms with E-state index in [0.717, 1.165) is 0 Å². The van der Waals surface area contributed by atoms with Crippen LogP contribution in [0.2, 0.25) is 0 Å². The van der Waals surface area contributed by atoms with Crippen LogP contribution in [-0.2, 0) is 4.74 Å². The van der Waals surface area contributed by atoms with Gasteiger partial charge in [-0.3, -0.25) is 0 Å². The number of aryl methyl sites for hydroxylation is 1. The Bertz CT molecular complexity index is 656. The second-order valence-electron chi connectivity index (χ2n) is 4.38. The zero-order valence-electron chi connectivity index (χ0n) is 11.2. The molecule has 0 fully saturated rings. The largest absolute Gasteiger partial charge is 0.465 e. The maximum atomic E-state index is 13.5. The van der Waals surface area contributed by atoms with Crippen LogP contribution in [0, 0.1) is 12.7 Å². The van der Waals surface area contributed by atoms with Crippen LogP contribution in [0.1, 0.15) is 15.9 Å². The lowest BCUT2D eigenvalue weighted by Gasteiger charge is -2.11. The number of hydrogen-bond acceptors (Lipinski definition) is 4. The standard InChI is InChI=1S/C15H15FN2O2/c1-9-3-5-11(8-12(9)16)18-14-6-4-10(7-13(14)17)15(19)20-2/h3-8,18H,17H2,1-2H3. The Morgan fingerprint density at radius 1 is 1.25 bits per heavy atom. The van der Waals surface area contributed by atoms with Gasteiger partial charge >= 0.3 is 5.97 Å². The first-order chi connectivity index (χ1) is 9.51. The van der Waals surface area contributed by atoms with Crippen molar-refractivity contribution >= 4 is 23.0 Å². The number of methoxy groups -OCH3 is 1. The molecule has 4 nitrogen and oxygen atoms in total. The summed E-state index contributed by atoms with van der Waals surface area (Å²) in [5, 5.41) is 3.01. The first-order valence-corrected chi connectivity index (χ1v) is 6.02. The number of esters is 1. The van der Waals surface area contributed by atoms with Gasteiger partial charge in [0.25, 0.3) is 0 Å². The second kappa shape index (κ2) is 5.61. The molecule has 0 atom stereocenters. The van der Waals surface area contributed by atoms with Crippen molar-refractivity contribution in [3.05, 3.63) is 53.3 Å².